The fourth-order valence-electron chi connectivity index (χ4n) is 4.72. The van der Waals surface area contributed by atoms with Crippen molar-refractivity contribution in [2.75, 3.05) is 24.5 Å². The highest BCUT2D eigenvalue weighted by molar-refractivity contribution is 7.92. The SMILES string of the molecule is CCCNC(=O)C(Cc1ccccc1)N(Cc1ccc(F)cc1)C(=O)CN(c1ccc(Cl)cc1)S(=O)(=O)c1ccc(OC)cc1. The zero-order valence-corrected chi connectivity index (χ0v) is 26.6. The minimum Gasteiger partial charge on any atom is -0.497 e. The van der Waals surface area contributed by atoms with Gasteiger partial charge in [0, 0.05) is 24.5 Å². The number of hydrogen-bond donors (Lipinski definition) is 1. The number of sulfonamides is 1. The first kappa shape index (κ1) is 33.5. The van der Waals surface area contributed by atoms with Crippen LogP contribution in [0.4, 0.5) is 10.1 Å². The van der Waals surface area contributed by atoms with E-state index in [4.69, 9.17) is 16.3 Å². The molecule has 0 aliphatic carbocycles. The Morgan fingerprint density at radius 3 is 2.13 bits per heavy atom. The number of methoxy groups -OCH3 is 1. The summed E-state index contributed by atoms with van der Waals surface area (Å²) >= 11 is 6.11. The largest absolute Gasteiger partial charge is 0.497 e. The number of amides is 2. The van der Waals surface area contributed by atoms with Gasteiger partial charge in [0.1, 0.15) is 24.2 Å². The monoisotopic (exact) mass is 651 g/mol. The van der Waals surface area contributed by atoms with Gasteiger partial charge in [-0.15, -0.1) is 0 Å². The number of nitrogens with zero attached hydrogens (tertiary/aromatic N) is 2. The summed E-state index contributed by atoms with van der Waals surface area (Å²) in [6.07, 6.45) is 0.857. The third-order valence-electron chi connectivity index (χ3n) is 7.13. The van der Waals surface area contributed by atoms with Crippen molar-refractivity contribution >= 4 is 39.1 Å². The van der Waals surface area contributed by atoms with Crippen LogP contribution in [0.2, 0.25) is 5.02 Å². The van der Waals surface area contributed by atoms with Crippen molar-refractivity contribution < 1.29 is 27.1 Å². The van der Waals surface area contributed by atoms with Crippen LogP contribution in [0.1, 0.15) is 24.5 Å². The number of anilines is 1. The van der Waals surface area contributed by atoms with E-state index in [1.165, 1.54) is 84.8 Å². The van der Waals surface area contributed by atoms with Crippen LogP contribution in [0.3, 0.4) is 0 Å². The summed E-state index contributed by atoms with van der Waals surface area (Å²) in [5, 5.41) is 3.28. The summed E-state index contributed by atoms with van der Waals surface area (Å²) < 4.78 is 48.1. The molecule has 0 saturated heterocycles. The second kappa shape index (κ2) is 15.5. The highest BCUT2D eigenvalue weighted by Gasteiger charge is 2.34. The number of ether oxygens (including phenoxy) is 1. The lowest BCUT2D eigenvalue weighted by Gasteiger charge is -2.34. The first-order valence-electron chi connectivity index (χ1n) is 14.4. The van der Waals surface area contributed by atoms with Crippen LogP contribution < -0.4 is 14.4 Å². The predicted molar refractivity (Wildman–Crippen MR) is 173 cm³/mol. The third-order valence-corrected chi connectivity index (χ3v) is 9.17. The van der Waals surface area contributed by atoms with E-state index >= 15 is 0 Å². The molecule has 0 aromatic heterocycles. The normalized spacial score (nSPS) is 11.8. The van der Waals surface area contributed by atoms with Gasteiger partial charge >= 0.3 is 0 Å². The summed E-state index contributed by atoms with van der Waals surface area (Å²) in [6, 6.07) is 25.8. The molecule has 1 atom stereocenters. The Bertz CT molecular complexity index is 1670. The zero-order chi connectivity index (χ0) is 32.4. The first-order valence-corrected chi connectivity index (χ1v) is 16.2. The second-order valence-electron chi connectivity index (χ2n) is 10.3. The maximum absolute atomic E-state index is 14.4. The molecule has 8 nitrogen and oxygen atoms in total. The van der Waals surface area contributed by atoms with Gasteiger partial charge in [0.25, 0.3) is 10.0 Å². The van der Waals surface area contributed by atoms with Crippen LogP contribution in [-0.2, 0) is 32.6 Å². The van der Waals surface area contributed by atoms with Crippen LogP contribution in [0, 0.1) is 5.82 Å². The molecule has 2 amide bonds. The van der Waals surface area contributed by atoms with Gasteiger partial charge in [-0.25, -0.2) is 12.8 Å². The summed E-state index contributed by atoms with van der Waals surface area (Å²) in [5.41, 5.74) is 1.59. The maximum atomic E-state index is 14.4. The zero-order valence-electron chi connectivity index (χ0n) is 25.0. The quantitative estimate of drug-likeness (QED) is 0.185. The maximum Gasteiger partial charge on any atom is 0.264 e. The molecule has 236 valence electrons. The number of benzene rings is 4. The van der Waals surface area contributed by atoms with Gasteiger partial charge < -0.3 is 15.0 Å². The van der Waals surface area contributed by atoms with Crippen LogP contribution >= 0.6 is 11.6 Å². The first-order chi connectivity index (χ1) is 21.6. The van der Waals surface area contributed by atoms with E-state index in [1.807, 2.05) is 37.3 Å². The Labute approximate surface area is 268 Å². The molecule has 0 radical (unpaired) electrons. The number of halogens is 2. The van der Waals surface area contributed by atoms with Gasteiger partial charge in [-0.2, -0.15) is 0 Å². The number of hydrogen-bond acceptors (Lipinski definition) is 5. The molecule has 0 bridgehead atoms. The van der Waals surface area contributed by atoms with Crippen molar-refractivity contribution in [1.82, 2.24) is 10.2 Å². The highest BCUT2D eigenvalue weighted by Crippen LogP contribution is 2.27. The molecule has 0 heterocycles. The van der Waals surface area contributed by atoms with Gasteiger partial charge in [0.05, 0.1) is 17.7 Å². The van der Waals surface area contributed by atoms with Gasteiger partial charge in [-0.3, -0.25) is 13.9 Å². The molecule has 4 aromatic rings. The smallest absolute Gasteiger partial charge is 0.264 e. The standard InChI is InChI=1S/C34H35ClFN3O5S/c1-3-21-37-34(41)32(22-25-7-5-4-6-8-25)38(23-26-9-13-28(36)14-10-26)33(40)24-39(29-15-11-27(35)12-16-29)45(42,43)31-19-17-30(44-2)18-20-31/h4-20,32H,3,21-24H2,1-2H3,(H,37,41). The van der Waals surface area contributed by atoms with E-state index in [0.717, 1.165) is 9.87 Å². The average molecular weight is 652 g/mol. The lowest BCUT2D eigenvalue weighted by atomic mass is 10.0. The molecular weight excluding hydrogens is 617 g/mol. The van der Waals surface area contributed by atoms with Crippen molar-refractivity contribution in [1.29, 1.82) is 0 Å². The Morgan fingerprint density at radius 2 is 1.53 bits per heavy atom. The van der Waals surface area contributed by atoms with Crippen LogP contribution in [0.15, 0.2) is 108 Å². The van der Waals surface area contributed by atoms with Gasteiger partial charge in [0.15, 0.2) is 0 Å². The third kappa shape index (κ3) is 8.83. The lowest BCUT2D eigenvalue weighted by Crippen LogP contribution is -2.53. The number of carbonyl (C=O) groups is 2. The molecule has 4 rings (SSSR count). The predicted octanol–water partition coefficient (Wildman–Crippen LogP) is 5.85. The van der Waals surface area contributed by atoms with Crippen molar-refractivity contribution in [3.05, 3.63) is 125 Å². The van der Waals surface area contributed by atoms with E-state index in [2.05, 4.69) is 5.32 Å². The minimum absolute atomic E-state index is 0.0577. The Kier molecular flexibility index (Phi) is 11.6. The molecule has 0 saturated carbocycles. The molecule has 4 aromatic carbocycles. The van der Waals surface area contributed by atoms with Gasteiger partial charge in [-0.05, 0) is 78.2 Å². The second-order valence-corrected chi connectivity index (χ2v) is 12.6. The molecule has 0 fully saturated rings. The molecule has 1 N–H and O–H groups in total. The summed E-state index contributed by atoms with van der Waals surface area (Å²) in [4.78, 5) is 29.3. The molecule has 1 unspecified atom stereocenters. The van der Waals surface area contributed by atoms with Gasteiger partial charge in [-0.1, -0.05) is 61.0 Å². The van der Waals surface area contributed by atoms with Crippen LogP contribution in [-0.4, -0.2) is 51.4 Å². The van der Waals surface area contributed by atoms with Crippen LogP contribution in [0.25, 0.3) is 0 Å². The van der Waals surface area contributed by atoms with Crippen molar-refractivity contribution in [3.8, 4) is 5.75 Å². The minimum atomic E-state index is -4.28. The lowest BCUT2D eigenvalue weighted by molar-refractivity contribution is -0.140. The summed E-state index contributed by atoms with van der Waals surface area (Å²) in [7, 11) is -2.81. The molecule has 0 spiro atoms. The number of rotatable bonds is 14. The van der Waals surface area contributed by atoms with Crippen molar-refractivity contribution in [2.45, 2.75) is 37.2 Å². The number of nitrogens with one attached hydrogen (secondary N) is 1. The Balaban J connectivity index is 1.78. The van der Waals surface area contributed by atoms with E-state index in [0.29, 0.717) is 29.3 Å². The van der Waals surface area contributed by atoms with Gasteiger partial charge in [0.2, 0.25) is 11.8 Å². The van der Waals surface area contributed by atoms with Crippen molar-refractivity contribution in [2.24, 2.45) is 0 Å². The molecular formula is C34H35ClFN3O5S. The van der Waals surface area contributed by atoms with E-state index in [-0.39, 0.29) is 29.5 Å². The summed E-state index contributed by atoms with van der Waals surface area (Å²) in [6.45, 7) is 1.63. The Hall–Kier alpha value is -4.41. The molecule has 45 heavy (non-hydrogen) atoms. The van der Waals surface area contributed by atoms with E-state index < -0.39 is 34.3 Å². The fourth-order valence-corrected chi connectivity index (χ4v) is 6.26. The highest BCUT2D eigenvalue weighted by atomic mass is 35.5. The molecule has 0 aliphatic rings. The average Bonchev–Trinajstić information content (AvgIpc) is 3.05. The van der Waals surface area contributed by atoms with Crippen LogP contribution in [0.5, 0.6) is 5.75 Å². The molecule has 11 heteroatoms. The summed E-state index contributed by atoms with van der Waals surface area (Å²) in [5.74, 6) is -0.987. The Morgan fingerprint density at radius 1 is 0.889 bits per heavy atom. The van der Waals surface area contributed by atoms with E-state index in [1.54, 1.807) is 0 Å². The number of carbonyl (C=O) groups excluding carboxylic acids is 2. The molecule has 0 aliphatic heterocycles. The van der Waals surface area contributed by atoms with Crippen molar-refractivity contribution in [3.63, 3.8) is 0 Å². The van der Waals surface area contributed by atoms with E-state index in [9.17, 15) is 22.4 Å². The fraction of sp³-hybridized carbons (Fsp3) is 0.235. The topological polar surface area (TPSA) is 96.0 Å².